The number of morpholine rings is 1. The molecule has 0 spiro atoms. The fraction of sp³-hybridized carbons (Fsp3) is 0.367. The Bertz CT molecular complexity index is 1430. The Hall–Kier alpha value is -3.95. The third kappa shape index (κ3) is 5.74. The molecule has 2 fully saturated rings. The number of hydrogen-bond donors (Lipinski definition) is 2. The summed E-state index contributed by atoms with van der Waals surface area (Å²) in [5, 5.41) is 3.98. The second kappa shape index (κ2) is 11.4. The van der Waals surface area contributed by atoms with E-state index in [0.29, 0.717) is 50.7 Å². The van der Waals surface area contributed by atoms with Crippen molar-refractivity contribution < 1.29 is 14.3 Å². The third-order valence-corrected chi connectivity index (χ3v) is 7.70. The number of ether oxygens (including phenoxy) is 2. The molecule has 0 atom stereocenters. The molecule has 3 N–H and O–H groups in total. The van der Waals surface area contributed by atoms with Crippen molar-refractivity contribution >= 4 is 22.8 Å². The Labute approximate surface area is 227 Å². The summed E-state index contributed by atoms with van der Waals surface area (Å²) in [6.45, 7) is 4.67. The average molecular weight is 527 g/mol. The van der Waals surface area contributed by atoms with Crippen molar-refractivity contribution in [2.75, 3.05) is 45.1 Å². The van der Waals surface area contributed by atoms with Gasteiger partial charge in [-0.15, -0.1) is 0 Å². The number of carbonyl (C=O) groups excluding carboxylic acids is 1. The number of amides is 1. The highest BCUT2D eigenvalue weighted by Crippen LogP contribution is 2.43. The number of hydrogen-bond acceptors (Lipinski definition) is 7. The van der Waals surface area contributed by atoms with E-state index in [-0.39, 0.29) is 5.91 Å². The van der Waals surface area contributed by atoms with Crippen LogP contribution in [0.15, 0.2) is 67.1 Å². The predicted octanol–water partition coefficient (Wildman–Crippen LogP) is 3.66. The Morgan fingerprint density at radius 3 is 2.72 bits per heavy atom. The van der Waals surface area contributed by atoms with E-state index in [1.807, 2.05) is 36.4 Å². The van der Waals surface area contributed by atoms with Crippen molar-refractivity contribution in [1.29, 1.82) is 0 Å². The number of nitrogens with zero attached hydrogens (tertiary/aromatic N) is 4. The zero-order valence-corrected chi connectivity index (χ0v) is 22.0. The lowest BCUT2D eigenvalue weighted by atomic mass is 9.80. The van der Waals surface area contributed by atoms with Gasteiger partial charge in [-0.1, -0.05) is 42.5 Å². The van der Waals surface area contributed by atoms with Gasteiger partial charge in [-0.25, -0.2) is 9.97 Å². The molecule has 0 unspecified atom stereocenters. The second-order valence-corrected chi connectivity index (χ2v) is 10.4. The zero-order chi connectivity index (χ0) is 26.6. The van der Waals surface area contributed by atoms with E-state index >= 15 is 0 Å². The number of anilines is 1. The number of rotatable bonds is 9. The van der Waals surface area contributed by atoms with Crippen molar-refractivity contribution in [3.8, 4) is 16.9 Å². The third-order valence-electron chi connectivity index (χ3n) is 7.70. The van der Waals surface area contributed by atoms with Gasteiger partial charge in [-0.3, -0.25) is 9.69 Å². The molecule has 4 aromatic rings. The van der Waals surface area contributed by atoms with Crippen molar-refractivity contribution in [3.63, 3.8) is 0 Å². The average Bonchev–Trinajstić information content (AvgIpc) is 3.33. The minimum absolute atomic E-state index is 0.0870. The molecule has 2 aromatic heterocycles. The summed E-state index contributed by atoms with van der Waals surface area (Å²) < 4.78 is 13.7. The van der Waals surface area contributed by atoms with E-state index < -0.39 is 0 Å². The summed E-state index contributed by atoms with van der Waals surface area (Å²) in [5.41, 5.74) is 10.3. The van der Waals surface area contributed by atoms with Crippen molar-refractivity contribution in [3.05, 3.63) is 72.7 Å². The van der Waals surface area contributed by atoms with Crippen LogP contribution >= 0.6 is 0 Å². The summed E-state index contributed by atoms with van der Waals surface area (Å²) in [7, 11) is 0. The zero-order valence-electron chi connectivity index (χ0n) is 22.0. The standard InChI is InChI=1S/C30H34N6O3/c31-29-28-26(23-7-4-8-25(15-23)39-19-21-5-2-1-3-6-21)17-36(30(28)34-20-33-29)24-13-22(14-24)16-32-27(37)18-35-9-11-38-12-10-35/h1-8,15,17,20,22,24H,9-14,16,18-19H2,(H,32,37)(H2,31,33,34). The van der Waals surface area contributed by atoms with Crippen LogP contribution in [0.2, 0.25) is 0 Å². The van der Waals surface area contributed by atoms with Crippen LogP contribution in [0.1, 0.15) is 24.4 Å². The molecule has 0 bridgehead atoms. The van der Waals surface area contributed by atoms with Crippen LogP contribution in [-0.4, -0.2) is 64.7 Å². The maximum Gasteiger partial charge on any atom is 0.234 e. The minimum Gasteiger partial charge on any atom is -0.489 e. The largest absolute Gasteiger partial charge is 0.489 e. The van der Waals surface area contributed by atoms with E-state index in [0.717, 1.165) is 59.4 Å². The van der Waals surface area contributed by atoms with Crippen LogP contribution in [-0.2, 0) is 16.1 Å². The van der Waals surface area contributed by atoms with Gasteiger partial charge in [0.25, 0.3) is 0 Å². The van der Waals surface area contributed by atoms with Crippen LogP contribution in [0.5, 0.6) is 5.75 Å². The maximum absolute atomic E-state index is 12.4. The number of nitrogens with two attached hydrogens (primary N) is 1. The maximum atomic E-state index is 12.4. The number of carbonyl (C=O) groups is 1. The van der Waals surface area contributed by atoms with E-state index in [1.54, 1.807) is 0 Å². The van der Waals surface area contributed by atoms with Gasteiger partial charge >= 0.3 is 0 Å². The second-order valence-electron chi connectivity index (χ2n) is 10.4. The first-order valence-corrected chi connectivity index (χ1v) is 13.6. The molecule has 1 aliphatic carbocycles. The van der Waals surface area contributed by atoms with Gasteiger partial charge in [-0.2, -0.15) is 0 Å². The molecule has 1 amide bonds. The number of nitrogens with one attached hydrogen (secondary N) is 1. The van der Waals surface area contributed by atoms with Crippen LogP contribution in [0.3, 0.4) is 0 Å². The SMILES string of the molecule is Nc1ncnc2c1c(-c1cccc(OCc3ccccc3)c1)cn2C1CC(CNC(=O)CN2CCOCC2)C1. The molecular weight excluding hydrogens is 492 g/mol. The highest BCUT2D eigenvalue weighted by Gasteiger charge is 2.33. The molecule has 1 aliphatic heterocycles. The summed E-state index contributed by atoms with van der Waals surface area (Å²) in [4.78, 5) is 23.4. The van der Waals surface area contributed by atoms with Gasteiger partial charge in [-0.05, 0) is 42.0 Å². The van der Waals surface area contributed by atoms with Crippen molar-refractivity contribution in [2.45, 2.75) is 25.5 Å². The number of aromatic nitrogens is 3. The lowest BCUT2D eigenvalue weighted by molar-refractivity contribution is -0.123. The topological polar surface area (TPSA) is 108 Å². The van der Waals surface area contributed by atoms with Crippen molar-refractivity contribution in [1.82, 2.24) is 24.8 Å². The summed E-state index contributed by atoms with van der Waals surface area (Å²) >= 11 is 0. The monoisotopic (exact) mass is 526 g/mol. The Morgan fingerprint density at radius 2 is 1.90 bits per heavy atom. The summed E-state index contributed by atoms with van der Waals surface area (Å²) in [6, 6.07) is 18.5. The molecule has 39 heavy (non-hydrogen) atoms. The van der Waals surface area contributed by atoms with Crippen LogP contribution in [0.4, 0.5) is 5.82 Å². The van der Waals surface area contributed by atoms with Gasteiger partial charge in [0.2, 0.25) is 5.91 Å². The van der Waals surface area contributed by atoms with Gasteiger partial charge < -0.3 is 25.1 Å². The Morgan fingerprint density at radius 1 is 1.08 bits per heavy atom. The number of nitrogen functional groups attached to an aromatic ring is 1. The van der Waals surface area contributed by atoms with Gasteiger partial charge in [0.1, 0.15) is 30.1 Å². The summed E-state index contributed by atoms with van der Waals surface area (Å²) in [5.74, 6) is 1.79. The van der Waals surface area contributed by atoms with Gasteiger partial charge in [0.15, 0.2) is 0 Å². The fourth-order valence-electron chi connectivity index (χ4n) is 5.47. The lowest BCUT2D eigenvalue weighted by Gasteiger charge is -2.37. The molecule has 1 saturated heterocycles. The van der Waals surface area contributed by atoms with Crippen LogP contribution in [0, 0.1) is 5.92 Å². The number of fused-ring (bicyclic) bond motifs is 1. The van der Waals surface area contributed by atoms with E-state index in [4.69, 9.17) is 15.2 Å². The molecular formula is C30H34N6O3. The van der Waals surface area contributed by atoms with Gasteiger partial charge in [0.05, 0.1) is 25.1 Å². The van der Waals surface area contributed by atoms with Crippen LogP contribution < -0.4 is 15.8 Å². The van der Waals surface area contributed by atoms with Gasteiger partial charge in [0, 0.05) is 37.4 Å². The quantitative estimate of drug-likeness (QED) is 0.343. The van der Waals surface area contributed by atoms with Crippen LogP contribution in [0.25, 0.3) is 22.2 Å². The minimum atomic E-state index is 0.0870. The smallest absolute Gasteiger partial charge is 0.234 e. The normalized spacial score (nSPS) is 19.5. The first-order valence-electron chi connectivity index (χ1n) is 13.6. The van der Waals surface area contributed by atoms with E-state index in [2.05, 4.69) is 49.1 Å². The van der Waals surface area contributed by atoms with E-state index in [9.17, 15) is 4.79 Å². The first-order chi connectivity index (χ1) is 19.1. The van der Waals surface area contributed by atoms with Crippen molar-refractivity contribution in [2.24, 2.45) is 5.92 Å². The molecule has 0 radical (unpaired) electrons. The molecule has 202 valence electrons. The Kier molecular flexibility index (Phi) is 7.42. The lowest BCUT2D eigenvalue weighted by Crippen LogP contribution is -2.45. The summed E-state index contributed by atoms with van der Waals surface area (Å²) in [6.07, 6.45) is 5.62. The number of benzene rings is 2. The molecule has 9 nitrogen and oxygen atoms in total. The first kappa shape index (κ1) is 25.3. The molecule has 9 heteroatoms. The Balaban J connectivity index is 1.13. The molecule has 1 saturated carbocycles. The highest BCUT2D eigenvalue weighted by molar-refractivity contribution is 6.00. The predicted molar refractivity (Wildman–Crippen MR) is 150 cm³/mol. The molecule has 2 aromatic carbocycles. The molecule has 2 aliphatic rings. The van der Waals surface area contributed by atoms with E-state index in [1.165, 1.54) is 6.33 Å². The molecule has 6 rings (SSSR count). The fourth-order valence-corrected chi connectivity index (χ4v) is 5.47. The highest BCUT2D eigenvalue weighted by atomic mass is 16.5. The molecule has 3 heterocycles.